The number of para-hydroxylation sites is 2. The van der Waals surface area contributed by atoms with Crippen LogP contribution < -0.4 is 9.47 Å². The van der Waals surface area contributed by atoms with Gasteiger partial charge in [0.2, 0.25) is 6.79 Å². The number of ether oxygens (including phenoxy) is 2. The maximum atomic E-state index is 5.36. The quantitative estimate of drug-likeness (QED) is 0.718. The fraction of sp³-hybridized carbons (Fsp3) is 0.0588. The van der Waals surface area contributed by atoms with Gasteiger partial charge in [-0.15, -0.1) is 0 Å². The van der Waals surface area contributed by atoms with Crippen LogP contribution in [0.4, 0.5) is 0 Å². The molecule has 1 aliphatic heterocycles. The Morgan fingerprint density at radius 2 is 1.76 bits per heavy atom. The summed E-state index contributed by atoms with van der Waals surface area (Å²) in [6.07, 6.45) is 5.70. The van der Waals surface area contributed by atoms with E-state index >= 15 is 0 Å². The summed E-state index contributed by atoms with van der Waals surface area (Å²) in [7, 11) is 0. The first kappa shape index (κ1) is 11.9. The molecule has 0 amide bonds. The van der Waals surface area contributed by atoms with E-state index < -0.39 is 0 Å². The first-order chi connectivity index (χ1) is 10.4. The Morgan fingerprint density at radius 3 is 2.71 bits per heavy atom. The highest BCUT2D eigenvalue weighted by Crippen LogP contribution is 2.32. The fourth-order valence-electron chi connectivity index (χ4n) is 2.25. The maximum absolute atomic E-state index is 5.36. The lowest BCUT2D eigenvalue weighted by Gasteiger charge is -1.99. The summed E-state index contributed by atoms with van der Waals surface area (Å²) in [6.45, 7) is 0.290. The lowest BCUT2D eigenvalue weighted by molar-refractivity contribution is 0.174. The van der Waals surface area contributed by atoms with Gasteiger partial charge in [-0.1, -0.05) is 24.3 Å². The number of benzene rings is 2. The number of fused-ring (bicyclic) bond motifs is 2. The van der Waals surface area contributed by atoms with Gasteiger partial charge in [0.05, 0.1) is 22.9 Å². The van der Waals surface area contributed by atoms with Gasteiger partial charge in [-0.25, -0.2) is 4.98 Å². The van der Waals surface area contributed by atoms with Gasteiger partial charge < -0.3 is 9.47 Å². The predicted octanol–water partition coefficient (Wildman–Crippen LogP) is 3.53. The van der Waals surface area contributed by atoms with Crippen molar-refractivity contribution in [1.82, 2.24) is 9.97 Å². The van der Waals surface area contributed by atoms with Crippen LogP contribution >= 0.6 is 0 Å². The van der Waals surface area contributed by atoms with Gasteiger partial charge in [0.1, 0.15) is 0 Å². The molecule has 0 radical (unpaired) electrons. The highest BCUT2D eigenvalue weighted by atomic mass is 16.7. The normalized spacial score (nSPS) is 13.1. The molecule has 4 rings (SSSR count). The third-order valence-corrected chi connectivity index (χ3v) is 3.31. The highest BCUT2D eigenvalue weighted by molar-refractivity contribution is 5.77. The molecule has 21 heavy (non-hydrogen) atoms. The number of hydrogen-bond acceptors (Lipinski definition) is 4. The van der Waals surface area contributed by atoms with E-state index in [1.807, 2.05) is 54.6 Å². The molecule has 0 fully saturated rings. The highest BCUT2D eigenvalue weighted by Gasteiger charge is 2.12. The molecule has 1 aromatic heterocycles. The third-order valence-electron chi connectivity index (χ3n) is 3.31. The van der Waals surface area contributed by atoms with Crippen molar-refractivity contribution < 1.29 is 9.47 Å². The molecule has 4 nitrogen and oxygen atoms in total. The Kier molecular flexibility index (Phi) is 2.78. The molecule has 0 saturated heterocycles. The van der Waals surface area contributed by atoms with Gasteiger partial charge in [-0.2, -0.15) is 0 Å². The summed E-state index contributed by atoms with van der Waals surface area (Å²) in [5, 5.41) is 0. The van der Waals surface area contributed by atoms with E-state index in [9.17, 15) is 0 Å². The second-order valence-electron chi connectivity index (χ2n) is 4.73. The molecule has 0 spiro atoms. The molecule has 2 heterocycles. The lowest BCUT2D eigenvalue weighted by atomic mass is 10.2. The van der Waals surface area contributed by atoms with E-state index in [0.29, 0.717) is 6.79 Å². The molecule has 102 valence electrons. The molecule has 0 aliphatic carbocycles. The van der Waals surface area contributed by atoms with Crippen molar-refractivity contribution >= 4 is 23.2 Å². The zero-order valence-corrected chi connectivity index (χ0v) is 11.2. The molecule has 0 atom stereocenters. The van der Waals surface area contributed by atoms with Crippen LogP contribution in [0.2, 0.25) is 0 Å². The van der Waals surface area contributed by atoms with Gasteiger partial charge in [0.25, 0.3) is 0 Å². The van der Waals surface area contributed by atoms with Gasteiger partial charge >= 0.3 is 0 Å². The summed E-state index contributed by atoms with van der Waals surface area (Å²) in [6, 6.07) is 13.7. The summed E-state index contributed by atoms with van der Waals surface area (Å²) in [5.74, 6) is 1.57. The minimum Gasteiger partial charge on any atom is -0.454 e. The number of hydrogen-bond donors (Lipinski definition) is 0. The van der Waals surface area contributed by atoms with Crippen LogP contribution in [0.5, 0.6) is 11.5 Å². The monoisotopic (exact) mass is 276 g/mol. The van der Waals surface area contributed by atoms with Gasteiger partial charge in [0, 0.05) is 0 Å². The SMILES string of the molecule is C(=C\c1cnc2ccccc2n1)/c1ccc2c(c1)OCO2. The van der Waals surface area contributed by atoms with Crippen molar-refractivity contribution in [3.63, 3.8) is 0 Å². The molecule has 0 unspecified atom stereocenters. The summed E-state index contributed by atoms with van der Waals surface area (Å²) in [5.41, 5.74) is 3.66. The minimum atomic E-state index is 0.290. The maximum Gasteiger partial charge on any atom is 0.231 e. The first-order valence-electron chi connectivity index (χ1n) is 6.68. The summed E-state index contributed by atoms with van der Waals surface area (Å²) in [4.78, 5) is 8.95. The van der Waals surface area contributed by atoms with Gasteiger partial charge in [0.15, 0.2) is 11.5 Å². The van der Waals surface area contributed by atoms with E-state index in [2.05, 4.69) is 9.97 Å². The number of aromatic nitrogens is 2. The average Bonchev–Trinajstić information content (AvgIpc) is 3.00. The van der Waals surface area contributed by atoms with Crippen LogP contribution in [0.3, 0.4) is 0 Å². The predicted molar refractivity (Wildman–Crippen MR) is 81.0 cm³/mol. The van der Waals surface area contributed by atoms with Crippen LogP contribution in [-0.2, 0) is 0 Å². The molecule has 3 aromatic rings. The smallest absolute Gasteiger partial charge is 0.231 e. The van der Waals surface area contributed by atoms with Gasteiger partial charge in [-0.3, -0.25) is 4.98 Å². The van der Waals surface area contributed by atoms with Crippen molar-refractivity contribution in [1.29, 1.82) is 0 Å². The second-order valence-corrected chi connectivity index (χ2v) is 4.73. The van der Waals surface area contributed by atoms with E-state index in [1.54, 1.807) is 6.20 Å². The fourth-order valence-corrected chi connectivity index (χ4v) is 2.25. The van der Waals surface area contributed by atoms with Crippen molar-refractivity contribution in [2.45, 2.75) is 0 Å². The Bertz CT molecular complexity index is 843. The topological polar surface area (TPSA) is 44.2 Å². The van der Waals surface area contributed by atoms with E-state index in [-0.39, 0.29) is 0 Å². The van der Waals surface area contributed by atoms with Crippen LogP contribution in [0.15, 0.2) is 48.7 Å². The summed E-state index contributed by atoms with van der Waals surface area (Å²) >= 11 is 0. The zero-order chi connectivity index (χ0) is 14.1. The van der Waals surface area contributed by atoms with Crippen molar-refractivity contribution in [2.24, 2.45) is 0 Å². The van der Waals surface area contributed by atoms with Crippen LogP contribution in [0, 0.1) is 0 Å². The molecule has 2 aromatic carbocycles. The summed E-state index contributed by atoms with van der Waals surface area (Å²) < 4.78 is 10.7. The molecular weight excluding hydrogens is 264 g/mol. The minimum absolute atomic E-state index is 0.290. The Hall–Kier alpha value is -2.88. The standard InChI is InChI=1S/C17H12N2O2/c1-2-4-15-14(3-1)18-10-13(19-15)7-5-12-6-8-16-17(9-12)21-11-20-16/h1-10H,11H2/b7-5+. The largest absolute Gasteiger partial charge is 0.454 e. The molecule has 1 aliphatic rings. The lowest BCUT2D eigenvalue weighted by Crippen LogP contribution is -1.92. The Morgan fingerprint density at radius 1 is 0.905 bits per heavy atom. The molecule has 0 bridgehead atoms. The van der Waals surface area contributed by atoms with Crippen LogP contribution in [0.25, 0.3) is 23.2 Å². The number of rotatable bonds is 2. The molecule has 0 saturated carbocycles. The third kappa shape index (κ3) is 2.31. The van der Waals surface area contributed by atoms with E-state index in [1.165, 1.54) is 0 Å². The van der Waals surface area contributed by atoms with Crippen LogP contribution in [-0.4, -0.2) is 16.8 Å². The van der Waals surface area contributed by atoms with Crippen LogP contribution in [0.1, 0.15) is 11.3 Å². The first-order valence-corrected chi connectivity index (χ1v) is 6.68. The zero-order valence-electron chi connectivity index (χ0n) is 11.2. The van der Waals surface area contributed by atoms with Gasteiger partial charge in [-0.05, 0) is 35.9 Å². The second kappa shape index (κ2) is 4.90. The van der Waals surface area contributed by atoms with Crippen molar-refractivity contribution in [3.8, 4) is 11.5 Å². The van der Waals surface area contributed by atoms with Crippen molar-refractivity contribution in [3.05, 3.63) is 59.9 Å². The number of nitrogens with zero attached hydrogens (tertiary/aromatic N) is 2. The molecule has 0 N–H and O–H groups in total. The molecular formula is C17H12N2O2. The Balaban J connectivity index is 1.64. The van der Waals surface area contributed by atoms with E-state index in [4.69, 9.17) is 9.47 Å². The molecule has 4 heteroatoms. The van der Waals surface area contributed by atoms with E-state index in [0.717, 1.165) is 33.8 Å². The average molecular weight is 276 g/mol. The Labute approximate surface area is 121 Å². The van der Waals surface area contributed by atoms with Crippen molar-refractivity contribution in [2.75, 3.05) is 6.79 Å².